The van der Waals surface area contributed by atoms with Gasteiger partial charge < -0.3 is 5.32 Å². The van der Waals surface area contributed by atoms with E-state index >= 15 is 0 Å². The van der Waals surface area contributed by atoms with Crippen molar-refractivity contribution in [2.24, 2.45) is 0 Å². The Morgan fingerprint density at radius 3 is 2.75 bits per heavy atom. The number of hydrogen-bond donors (Lipinski definition) is 1. The predicted octanol–water partition coefficient (Wildman–Crippen LogP) is 3.47. The van der Waals surface area contributed by atoms with E-state index in [2.05, 4.69) is 32.4 Å². The van der Waals surface area contributed by atoms with E-state index in [0.717, 1.165) is 39.0 Å². The van der Waals surface area contributed by atoms with Gasteiger partial charge in [-0.05, 0) is 19.6 Å². The van der Waals surface area contributed by atoms with Crippen molar-refractivity contribution in [2.75, 3.05) is 18.1 Å². The van der Waals surface area contributed by atoms with E-state index in [-0.39, 0.29) is 0 Å². The first kappa shape index (κ1) is 15.5. The van der Waals surface area contributed by atoms with Crippen LogP contribution in [0.25, 0.3) is 0 Å². The molecule has 0 spiro atoms. The van der Waals surface area contributed by atoms with Gasteiger partial charge in [0.15, 0.2) is 8.68 Å². The highest BCUT2D eigenvalue weighted by Crippen LogP contribution is 2.29. The van der Waals surface area contributed by atoms with Gasteiger partial charge in [-0.1, -0.05) is 41.8 Å². The van der Waals surface area contributed by atoms with Crippen LogP contribution in [-0.2, 0) is 5.75 Å². The molecular formula is C12H17N5S3. The third kappa shape index (κ3) is 4.60. The van der Waals surface area contributed by atoms with Crippen LogP contribution >= 0.6 is 34.9 Å². The third-order valence-electron chi connectivity index (χ3n) is 2.34. The van der Waals surface area contributed by atoms with E-state index < -0.39 is 0 Å². The van der Waals surface area contributed by atoms with Crippen molar-refractivity contribution in [1.82, 2.24) is 20.2 Å². The van der Waals surface area contributed by atoms with E-state index in [1.54, 1.807) is 34.9 Å². The largest absolute Gasteiger partial charge is 0.370 e. The van der Waals surface area contributed by atoms with Crippen LogP contribution in [0, 0.1) is 6.92 Å². The van der Waals surface area contributed by atoms with Gasteiger partial charge in [0.2, 0.25) is 0 Å². The summed E-state index contributed by atoms with van der Waals surface area (Å²) in [5.41, 5.74) is 0.983. The second-order valence-corrected chi connectivity index (χ2v) is 7.32. The Bertz CT molecular complexity index is 558. The van der Waals surface area contributed by atoms with Crippen molar-refractivity contribution in [3.8, 4) is 0 Å². The quantitative estimate of drug-likeness (QED) is 0.781. The van der Waals surface area contributed by atoms with E-state index in [9.17, 15) is 0 Å². The van der Waals surface area contributed by atoms with Crippen molar-refractivity contribution in [3.05, 3.63) is 17.6 Å². The first-order valence-electron chi connectivity index (χ1n) is 6.30. The van der Waals surface area contributed by atoms with Crippen molar-refractivity contribution in [3.63, 3.8) is 0 Å². The van der Waals surface area contributed by atoms with Crippen LogP contribution in [0.5, 0.6) is 0 Å². The van der Waals surface area contributed by atoms with E-state index in [4.69, 9.17) is 0 Å². The summed E-state index contributed by atoms with van der Waals surface area (Å²) in [5.74, 6) is 2.44. The highest BCUT2D eigenvalue weighted by Gasteiger charge is 2.07. The molecule has 2 aromatic rings. The smallest absolute Gasteiger partial charge is 0.175 e. The topological polar surface area (TPSA) is 63.6 Å². The second-order valence-electron chi connectivity index (χ2n) is 4.06. The minimum absolute atomic E-state index is 0.714. The molecule has 0 saturated heterocycles. The Morgan fingerprint density at radius 2 is 2.05 bits per heavy atom. The molecular weight excluding hydrogens is 310 g/mol. The molecule has 0 radical (unpaired) electrons. The Balaban J connectivity index is 1.99. The minimum Gasteiger partial charge on any atom is -0.370 e. The van der Waals surface area contributed by atoms with Gasteiger partial charge in [-0.15, -0.1) is 10.2 Å². The maximum Gasteiger partial charge on any atom is 0.175 e. The fourth-order valence-corrected chi connectivity index (χ4v) is 3.80. The summed E-state index contributed by atoms with van der Waals surface area (Å²) >= 11 is 4.85. The summed E-state index contributed by atoms with van der Waals surface area (Å²) in [4.78, 5) is 8.98. The fourth-order valence-electron chi connectivity index (χ4n) is 1.50. The van der Waals surface area contributed by atoms with Crippen LogP contribution in [0.4, 0.5) is 5.82 Å². The molecule has 108 valence electrons. The first-order chi connectivity index (χ1) is 9.71. The highest BCUT2D eigenvalue weighted by atomic mass is 32.2. The summed E-state index contributed by atoms with van der Waals surface area (Å²) in [7, 11) is 0. The Kier molecular flexibility index (Phi) is 6.06. The summed E-state index contributed by atoms with van der Waals surface area (Å²) in [6.07, 6.45) is 3.08. The van der Waals surface area contributed by atoms with Crippen LogP contribution in [0.3, 0.4) is 0 Å². The number of anilines is 1. The average Bonchev–Trinajstić information content (AvgIpc) is 2.90. The molecule has 20 heavy (non-hydrogen) atoms. The van der Waals surface area contributed by atoms with Gasteiger partial charge in [-0.3, -0.25) is 0 Å². The van der Waals surface area contributed by atoms with Crippen molar-refractivity contribution < 1.29 is 0 Å². The molecule has 0 bridgehead atoms. The fraction of sp³-hybridized carbons (Fsp3) is 0.500. The van der Waals surface area contributed by atoms with Gasteiger partial charge >= 0.3 is 0 Å². The van der Waals surface area contributed by atoms with Crippen LogP contribution in [-0.4, -0.2) is 33.0 Å². The van der Waals surface area contributed by atoms with Gasteiger partial charge in [0.25, 0.3) is 0 Å². The van der Waals surface area contributed by atoms with Gasteiger partial charge in [-0.25, -0.2) is 9.97 Å². The zero-order chi connectivity index (χ0) is 14.4. The molecule has 0 atom stereocenters. The number of hydrogen-bond acceptors (Lipinski definition) is 8. The first-order valence-corrected chi connectivity index (χ1v) is 9.32. The molecule has 0 unspecified atom stereocenters. The van der Waals surface area contributed by atoms with Crippen molar-refractivity contribution >= 4 is 40.7 Å². The van der Waals surface area contributed by atoms with Gasteiger partial charge in [0.1, 0.15) is 11.6 Å². The molecule has 8 heteroatoms. The molecule has 0 aliphatic rings. The maximum atomic E-state index is 4.52. The third-order valence-corrected chi connectivity index (χ3v) is 5.37. The van der Waals surface area contributed by atoms with Crippen LogP contribution in [0.1, 0.15) is 24.9 Å². The SMILES string of the molecule is CCCNc1cc(C)nc(CSc2nnc(SC)s2)n1. The van der Waals surface area contributed by atoms with Crippen molar-refractivity contribution in [1.29, 1.82) is 0 Å². The normalized spacial score (nSPS) is 10.8. The molecule has 0 aliphatic heterocycles. The Hall–Kier alpha value is -0.860. The molecule has 2 heterocycles. The lowest BCUT2D eigenvalue weighted by Gasteiger charge is -2.06. The molecule has 2 rings (SSSR count). The second kappa shape index (κ2) is 7.80. The maximum absolute atomic E-state index is 4.52. The molecule has 0 amide bonds. The lowest BCUT2D eigenvalue weighted by atomic mass is 10.4. The summed E-state index contributed by atoms with van der Waals surface area (Å²) in [5, 5.41) is 11.5. The molecule has 0 fully saturated rings. The van der Waals surface area contributed by atoms with E-state index in [1.807, 2.05) is 19.2 Å². The highest BCUT2D eigenvalue weighted by molar-refractivity contribution is 8.02. The zero-order valence-corrected chi connectivity index (χ0v) is 14.2. The monoisotopic (exact) mass is 327 g/mol. The standard InChI is InChI=1S/C12H17N5S3/c1-4-5-13-9-6-8(2)14-10(15-9)7-19-12-17-16-11(18-3)20-12/h6H,4-5,7H2,1-3H3,(H,13,14,15). The molecule has 5 nitrogen and oxygen atoms in total. The summed E-state index contributed by atoms with van der Waals surface area (Å²) < 4.78 is 1.95. The zero-order valence-electron chi connectivity index (χ0n) is 11.7. The molecule has 0 saturated carbocycles. The minimum atomic E-state index is 0.714. The Morgan fingerprint density at radius 1 is 1.25 bits per heavy atom. The Labute approximate surface area is 131 Å². The van der Waals surface area contributed by atoms with Gasteiger partial charge in [-0.2, -0.15) is 0 Å². The lowest BCUT2D eigenvalue weighted by Crippen LogP contribution is -2.05. The van der Waals surface area contributed by atoms with Crippen LogP contribution < -0.4 is 5.32 Å². The van der Waals surface area contributed by atoms with E-state index in [1.165, 1.54) is 0 Å². The number of thioether (sulfide) groups is 2. The van der Waals surface area contributed by atoms with Crippen LogP contribution in [0.15, 0.2) is 14.7 Å². The van der Waals surface area contributed by atoms with E-state index in [0.29, 0.717) is 5.75 Å². The van der Waals surface area contributed by atoms with Gasteiger partial charge in [0, 0.05) is 18.3 Å². The van der Waals surface area contributed by atoms with Gasteiger partial charge in [0.05, 0.1) is 5.75 Å². The molecule has 2 aromatic heterocycles. The summed E-state index contributed by atoms with van der Waals surface area (Å²) in [6, 6.07) is 1.97. The number of nitrogens with zero attached hydrogens (tertiary/aromatic N) is 4. The number of nitrogens with one attached hydrogen (secondary N) is 1. The molecule has 0 aromatic carbocycles. The summed E-state index contributed by atoms with van der Waals surface area (Å²) in [6.45, 7) is 5.05. The molecule has 1 N–H and O–H groups in total. The molecule has 0 aliphatic carbocycles. The average molecular weight is 328 g/mol. The number of aromatic nitrogens is 4. The number of rotatable bonds is 7. The van der Waals surface area contributed by atoms with Crippen molar-refractivity contribution in [2.45, 2.75) is 34.7 Å². The lowest BCUT2D eigenvalue weighted by molar-refractivity contribution is 0.936. The van der Waals surface area contributed by atoms with Crippen LogP contribution in [0.2, 0.25) is 0 Å². The number of aryl methyl sites for hydroxylation is 1. The predicted molar refractivity (Wildman–Crippen MR) is 86.8 cm³/mol.